The summed E-state index contributed by atoms with van der Waals surface area (Å²) >= 11 is 0. The SMILES string of the molecule is C[C@H]1CCC(=O)O[C@@H]2CC[C@@]3(C)[C@H](CC[C@@H]4[C@@H]3C[C@H](O)[C@]3(C)[C@H](CC[C@@H]43)[C@@H](C)CCC(=O)O[C@@H]3CC[C@@]4(C)[C@H](CC[C@@H]5[C@@H]4C[C@H](O)[C@]4(C)[C@@H]1CC[C@@H]54)C3)C2. The Bertz CT molecular complexity index is 1340. The number of hydrogen-bond acceptors (Lipinski definition) is 6. The number of esters is 2. The van der Waals surface area contributed by atoms with Crippen molar-refractivity contribution in [3.05, 3.63) is 0 Å². The predicted octanol–water partition coefficient (Wildman–Crippen LogP) is 9.92. The summed E-state index contributed by atoms with van der Waals surface area (Å²) in [6.45, 7) is 14.6. The van der Waals surface area contributed by atoms with Gasteiger partial charge in [-0.05, 0) is 208 Å². The maximum atomic E-state index is 13.5. The number of carbonyl (C=O) groups excluding carboxylic acids is 2. The van der Waals surface area contributed by atoms with Gasteiger partial charge in [-0.15, -0.1) is 0 Å². The second-order valence-corrected chi connectivity index (χ2v) is 22.7. The first-order valence-electron chi connectivity index (χ1n) is 23.4. The summed E-state index contributed by atoms with van der Waals surface area (Å²) in [6, 6.07) is 0. The van der Waals surface area contributed by atoms with Crippen LogP contribution < -0.4 is 0 Å². The highest BCUT2D eigenvalue weighted by Gasteiger charge is 2.66. The molecule has 8 saturated carbocycles. The Labute approximate surface area is 327 Å². The lowest BCUT2D eigenvalue weighted by Crippen LogP contribution is -2.59. The molecule has 6 heteroatoms. The van der Waals surface area contributed by atoms with Gasteiger partial charge in [0.1, 0.15) is 12.2 Å². The van der Waals surface area contributed by atoms with Crippen LogP contribution in [0.3, 0.4) is 0 Å². The normalized spacial score (nSPS) is 57.6. The van der Waals surface area contributed by atoms with Gasteiger partial charge in [-0.25, -0.2) is 0 Å². The molecular weight excluding hydrogens is 673 g/mol. The van der Waals surface area contributed by atoms with Gasteiger partial charge in [0.15, 0.2) is 0 Å². The van der Waals surface area contributed by atoms with Crippen LogP contribution in [0.4, 0.5) is 0 Å². The summed E-state index contributed by atoms with van der Waals surface area (Å²) < 4.78 is 12.7. The van der Waals surface area contributed by atoms with Crippen LogP contribution in [0.2, 0.25) is 0 Å². The highest BCUT2D eigenvalue weighted by Crippen LogP contribution is 2.70. The average molecular weight is 749 g/mol. The molecule has 16 rings (SSSR count). The minimum absolute atomic E-state index is 0.0104. The van der Waals surface area contributed by atoms with Crippen molar-refractivity contribution in [1.82, 2.24) is 0 Å². The third-order valence-electron chi connectivity index (χ3n) is 21.2. The second-order valence-electron chi connectivity index (χ2n) is 22.7. The summed E-state index contributed by atoms with van der Waals surface area (Å²) in [5.74, 6) is 6.21. The molecule has 304 valence electrons. The number of aliphatic hydroxyl groups is 2. The van der Waals surface area contributed by atoms with Crippen molar-refractivity contribution in [3.63, 3.8) is 0 Å². The number of hydrogen-bond donors (Lipinski definition) is 2. The highest BCUT2D eigenvalue weighted by molar-refractivity contribution is 5.70. The monoisotopic (exact) mass is 749 g/mol. The van der Waals surface area contributed by atoms with E-state index in [1.165, 1.54) is 38.5 Å². The minimum atomic E-state index is -0.300. The first-order chi connectivity index (χ1) is 25.7. The molecular formula is C48H76O6. The zero-order valence-corrected chi connectivity index (χ0v) is 34.9. The first-order valence-corrected chi connectivity index (χ1v) is 23.4. The summed E-state index contributed by atoms with van der Waals surface area (Å²) in [7, 11) is 0. The van der Waals surface area contributed by atoms with Crippen LogP contribution in [0.1, 0.15) is 170 Å². The smallest absolute Gasteiger partial charge is 0.306 e. The third-order valence-corrected chi connectivity index (χ3v) is 21.2. The molecule has 0 aromatic rings. The van der Waals surface area contributed by atoms with Crippen LogP contribution in [0.25, 0.3) is 0 Å². The summed E-state index contributed by atoms with van der Waals surface area (Å²) in [5, 5.41) is 24.3. The molecule has 6 nitrogen and oxygen atoms in total. The van der Waals surface area contributed by atoms with Gasteiger partial charge in [-0.1, -0.05) is 41.5 Å². The molecule has 0 unspecified atom stereocenters. The van der Waals surface area contributed by atoms with E-state index in [0.29, 0.717) is 83.9 Å². The fourth-order valence-corrected chi connectivity index (χ4v) is 18.1. The van der Waals surface area contributed by atoms with Crippen molar-refractivity contribution in [2.24, 2.45) is 92.7 Å². The zero-order chi connectivity index (χ0) is 37.9. The molecule has 0 radical (unpaired) electrons. The lowest BCUT2D eigenvalue weighted by molar-refractivity contribution is -0.184. The Morgan fingerprint density at radius 1 is 0.481 bits per heavy atom. The molecule has 0 aromatic carbocycles. The van der Waals surface area contributed by atoms with Crippen LogP contribution >= 0.6 is 0 Å². The Kier molecular flexibility index (Phi) is 9.76. The van der Waals surface area contributed by atoms with Crippen molar-refractivity contribution in [1.29, 1.82) is 0 Å². The van der Waals surface area contributed by atoms with E-state index in [0.717, 1.165) is 77.0 Å². The van der Waals surface area contributed by atoms with E-state index in [9.17, 15) is 19.8 Å². The predicted molar refractivity (Wildman–Crippen MR) is 210 cm³/mol. The van der Waals surface area contributed by atoms with Gasteiger partial charge >= 0.3 is 11.9 Å². The maximum absolute atomic E-state index is 13.5. The number of rotatable bonds is 0. The van der Waals surface area contributed by atoms with Crippen molar-refractivity contribution >= 4 is 11.9 Å². The van der Waals surface area contributed by atoms with E-state index in [-0.39, 0.29) is 58.0 Å². The van der Waals surface area contributed by atoms with Crippen molar-refractivity contribution < 1.29 is 29.3 Å². The molecule has 20 atom stereocenters. The first kappa shape index (κ1) is 38.4. The average Bonchev–Trinajstić information content (AvgIpc) is 3.69. The van der Waals surface area contributed by atoms with E-state index in [1.807, 2.05) is 0 Å². The second kappa shape index (κ2) is 13.7. The van der Waals surface area contributed by atoms with E-state index in [1.54, 1.807) is 0 Å². The van der Waals surface area contributed by atoms with Crippen LogP contribution in [-0.2, 0) is 19.1 Å². The molecule has 0 aromatic heterocycles. The van der Waals surface area contributed by atoms with Gasteiger partial charge in [0.2, 0.25) is 0 Å². The Morgan fingerprint density at radius 2 is 0.870 bits per heavy atom. The van der Waals surface area contributed by atoms with Gasteiger partial charge in [0.25, 0.3) is 0 Å². The van der Waals surface area contributed by atoms with Crippen molar-refractivity contribution in [3.8, 4) is 0 Å². The fraction of sp³-hybridized carbons (Fsp3) is 0.958. The molecule has 8 aliphatic carbocycles. The van der Waals surface area contributed by atoms with Crippen molar-refractivity contribution in [2.75, 3.05) is 0 Å². The van der Waals surface area contributed by atoms with Gasteiger partial charge in [-0.3, -0.25) is 9.59 Å². The minimum Gasteiger partial charge on any atom is -0.462 e. The van der Waals surface area contributed by atoms with E-state index < -0.39 is 0 Å². The van der Waals surface area contributed by atoms with E-state index in [4.69, 9.17) is 9.47 Å². The van der Waals surface area contributed by atoms with Crippen molar-refractivity contribution in [2.45, 2.75) is 194 Å². The standard InChI is InChI=1S/C48H76O6/c1-27-7-17-43(51)53-31-19-21-46(4)30(23-31)10-12-34-38-16-14-36(48(38,6)42(50)26-40(34)46)28(2)8-18-44(52)54-32-20-22-45(3)29(24-32)9-11-33-37-15-13-35(27)47(37,5)41(49)25-39(33)45/h27-42,49-50H,7-26H2,1-6H3/t27-,28-,29+,30+,31+,32+,33-,34-,35+,36+,37-,38-,39-,40-,41-,42-,45-,46-,47+,48+/m0/s1. The quantitative estimate of drug-likeness (QED) is 0.240. The maximum Gasteiger partial charge on any atom is 0.306 e. The Balaban J connectivity index is 0.964. The summed E-state index contributed by atoms with van der Waals surface area (Å²) in [4.78, 5) is 27.1. The number of aliphatic hydroxyl groups excluding tert-OH is 2. The lowest BCUT2D eigenvalue weighted by Gasteiger charge is -2.62. The molecule has 0 spiro atoms. The molecule has 16 bridgehead atoms. The molecule has 8 heterocycles. The number of ether oxygens (including phenoxy) is 2. The lowest BCUT2D eigenvalue weighted by atomic mass is 9.43. The molecule has 8 saturated heterocycles. The molecule has 54 heavy (non-hydrogen) atoms. The largest absolute Gasteiger partial charge is 0.462 e. The van der Waals surface area contributed by atoms with E-state index >= 15 is 0 Å². The van der Waals surface area contributed by atoms with Crippen LogP contribution in [0.5, 0.6) is 0 Å². The van der Waals surface area contributed by atoms with Crippen LogP contribution in [0, 0.1) is 92.7 Å². The highest BCUT2D eigenvalue weighted by atomic mass is 16.5. The van der Waals surface area contributed by atoms with E-state index in [2.05, 4.69) is 41.5 Å². The summed E-state index contributed by atoms with van der Waals surface area (Å²) in [5.41, 5.74) is 0.221. The third kappa shape index (κ3) is 5.71. The molecule has 16 fully saturated rings. The summed E-state index contributed by atoms with van der Waals surface area (Å²) in [6.07, 6.45) is 19.6. The van der Waals surface area contributed by atoms with Crippen LogP contribution in [0.15, 0.2) is 0 Å². The van der Waals surface area contributed by atoms with Gasteiger partial charge < -0.3 is 19.7 Å². The van der Waals surface area contributed by atoms with Gasteiger partial charge in [0, 0.05) is 12.8 Å². The molecule has 2 N–H and O–H groups in total. The Hall–Kier alpha value is -1.14. The number of carbonyl (C=O) groups is 2. The topological polar surface area (TPSA) is 93.1 Å². The molecule has 8 aliphatic heterocycles. The van der Waals surface area contributed by atoms with Crippen LogP contribution in [-0.4, -0.2) is 46.6 Å². The fourth-order valence-electron chi connectivity index (χ4n) is 18.1. The molecule has 16 aliphatic rings. The van der Waals surface area contributed by atoms with Gasteiger partial charge in [-0.2, -0.15) is 0 Å². The zero-order valence-electron chi connectivity index (χ0n) is 34.9. The molecule has 0 amide bonds. The van der Waals surface area contributed by atoms with Gasteiger partial charge in [0.05, 0.1) is 12.2 Å². The Morgan fingerprint density at radius 3 is 1.28 bits per heavy atom.